The van der Waals surface area contributed by atoms with Crippen LogP contribution in [0.1, 0.15) is 18.0 Å². The fourth-order valence-corrected chi connectivity index (χ4v) is 3.92. The standard InChI is InChI=1S/C23H33FN6O2.HI/c1-25-23(28-17-10-12-30(15-17)22-18(24)7-6-11-26-22)27-14-19(29(2)3)16-8-9-20(31-4)21(13-16)32-5;/h6-9,11,13,17,19H,10,12,14-15H2,1-5H3,(H2,25,27,28);1H. The zero-order chi connectivity index (χ0) is 23.1. The first-order valence-corrected chi connectivity index (χ1v) is 10.7. The zero-order valence-electron chi connectivity index (χ0n) is 19.8. The molecule has 2 unspecified atom stereocenters. The van der Waals surface area contributed by atoms with Crippen molar-refractivity contribution >= 4 is 35.8 Å². The molecule has 8 nitrogen and oxygen atoms in total. The van der Waals surface area contributed by atoms with Crippen LogP contribution in [0.3, 0.4) is 0 Å². The van der Waals surface area contributed by atoms with E-state index in [0.717, 1.165) is 18.5 Å². The van der Waals surface area contributed by atoms with Gasteiger partial charge in [-0.05, 0) is 50.3 Å². The number of hydrogen-bond acceptors (Lipinski definition) is 6. The van der Waals surface area contributed by atoms with Crippen molar-refractivity contribution < 1.29 is 13.9 Å². The monoisotopic (exact) mass is 572 g/mol. The van der Waals surface area contributed by atoms with Crippen molar-refractivity contribution in [2.24, 2.45) is 4.99 Å². The Morgan fingerprint density at radius 1 is 1.27 bits per heavy atom. The van der Waals surface area contributed by atoms with E-state index in [9.17, 15) is 4.39 Å². The molecule has 1 saturated heterocycles. The van der Waals surface area contributed by atoms with Crippen LogP contribution in [0.15, 0.2) is 41.5 Å². The van der Waals surface area contributed by atoms with E-state index < -0.39 is 0 Å². The topological polar surface area (TPSA) is 74.3 Å². The molecule has 1 aromatic carbocycles. The molecular formula is C23H34FIN6O2. The van der Waals surface area contributed by atoms with Crippen molar-refractivity contribution in [3.05, 3.63) is 47.9 Å². The quantitative estimate of drug-likeness (QED) is 0.287. The van der Waals surface area contributed by atoms with Gasteiger partial charge in [-0.15, -0.1) is 24.0 Å². The molecule has 10 heteroatoms. The minimum absolute atomic E-state index is 0. The Labute approximate surface area is 212 Å². The summed E-state index contributed by atoms with van der Waals surface area (Å²) >= 11 is 0. The predicted molar refractivity (Wildman–Crippen MR) is 141 cm³/mol. The van der Waals surface area contributed by atoms with Gasteiger partial charge in [0.05, 0.1) is 20.3 Å². The molecule has 0 bridgehead atoms. The van der Waals surface area contributed by atoms with Crippen LogP contribution in [0.4, 0.5) is 10.2 Å². The Morgan fingerprint density at radius 3 is 2.67 bits per heavy atom. The highest BCUT2D eigenvalue weighted by molar-refractivity contribution is 14.0. The number of aliphatic imine (C=N–C) groups is 1. The van der Waals surface area contributed by atoms with Crippen LogP contribution in [0.2, 0.25) is 0 Å². The summed E-state index contributed by atoms with van der Waals surface area (Å²) in [6.07, 6.45) is 2.50. The van der Waals surface area contributed by atoms with Crippen LogP contribution < -0.4 is 25.0 Å². The molecule has 0 amide bonds. The first-order chi connectivity index (χ1) is 15.5. The van der Waals surface area contributed by atoms with Crippen molar-refractivity contribution in [1.82, 2.24) is 20.5 Å². The molecule has 2 aromatic rings. The van der Waals surface area contributed by atoms with Crippen LogP contribution in [0.25, 0.3) is 0 Å². The van der Waals surface area contributed by atoms with Gasteiger partial charge in [-0.3, -0.25) is 4.99 Å². The molecule has 3 rings (SSSR count). The maximum atomic E-state index is 14.1. The predicted octanol–water partition coefficient (Wildman–Crippen LogP) is 2.90. The molecular weight excluding hydrogens is 538 g/mol. The highest BCUT2D eigenvalue weighted by Crippen LogP contribution is 2.31. The van der Waals surface area contributed by atoms with Crippen LogP contribution >= 0.6 is 24.0 Å². The molecule has 1 fully saturated rings. The van der Waals surface area contributed by atoms with E-state index in [1.807, 2.05) is 37.2 Å². The minimum Gasteiger partial charge on any atom is -0.493 e. The lowest BCUT2D eigenvalue weighted by atomic mass is 10.1. The number of methoxy groups -OCH3 is 2. The molecule has 0 saturated carbocycles. The number of halogens is 2. The fourth-order valence-electron chi connectivity index (χ4n) is 3.92. The normalized spacial score (nSPS) is 16.9. The molecule has 1 aromatic heterocycles. The van der Waals surface area contributed by atoms with E-state index in [2.05, 4.69) is 25.5 Å². The van der Waals surface area contributed by atoms with Crippen LogP contribution in [0.5, 0.6) is 11.5 Å². The summed E-state index contributed by atoms with van der Waals surface area (Å²) in [4.78, 5) is 12.7. The zero-order valence-corrected chi connectivity index (χ0v) is 22.2. The fraction of sp³-hybridized carbons (Fsp3) is 0.478. The Bertz CT molecular complexity index is 930. The van der Waals surface area contributed by atoms with E-state index >= 15 is 0 Å². The number of likely N-dealkylation sites (N-methyl/N-ethyl adjacent to an activating group) is 1. The maximum Gasteiger partial charge on any atom is 0.191 e. The van der Waals surface area contributed by atoms with Gasteiger partial charge in [-0.1, -0.05) is 6.07 Å². The minimum atomic E-state index is -0.292. The number of benzene rings is 1. The second-order valence-corrected chi connectivity index (χ2v) is 7.93. The summed E-state index contributed by atoms with van der Waals surface area (Å²) in [6.45, 7) is 2.06. The summed E-state index contributed by atoms with van der Waals surface area (Å²) in [7, 11) is 9.09. The number of guanidine groups is 1. The third-order valence-electron chi connectivity index (χ3n) is 5.67. The highest BCUT2D eigenvalue weighted by Gasteiger charge is 2.26. The van der Waals surface area contributed by atoms with E-state index in [4.69, 9.17) is 9.47 Å². The number of anilines is 1. The Kier molecular flexibility index (Phi) is 10.4. The van der Waals surface area contributed by atoms with Crippen molar-refractivity contribution in [3.63, 3.8) is 0 Å². The average Bonchev–Trinajstić information content (AvgIpc) is 3.26. The van der Waals surface area contributed by atoms with E-state index in [0.29, 0.717) is 36.4 Å². The number of rotatable bonds is 8. The molecule has 2 N–H and O–H groups in total. The maximum absolute atomic E-state index is 14.1. The lowest BCUT2D eigenvalue weighted by Gasteiger charge is -2.27. The van der Waals surface area contributed by atoms with E-state index in [-0.39, 0.29) is 41.9 Å². The summed E-state index contributed by atoms with van der Waals surface area (Å²) in [5.41, 5.74) is 1.10. The molecule has 1 aliphatic rings. The van der Waals surface area contributed by atoms with Crippen LogP contribution in [-0.2, 0) is 0 Å². The van der Waals surface area contributed by atoms with Crippen LogP contribution in [0, 0.1) is 5.82 Å². The third-order valence-corrected chi connectivity index (χ3v) is 5.67. The van der Waals surface area contributed by atoms with E-state index in [1.54, 1.807) is 33.5 Å². The molecule has 33 heavy (non-hydrogen) atoms. The van der Waals surface area contributed by atoms with E-state index in [1.165, 1.54) is 6.07 Å². The molecule has 0 spiro atoms. The van der Waals surface area contributed by atoms with Gasteiger partial charge >= 0.3 is 0 Å². The molecule has 1 aliphatic heterocycles. The van der Waals surface area contributed by atoms with Crippen molar-refractivity contribution in [3.8, 4) is 11.5 Å². The number of ether oxygens (including phenoxy) is 2. The number of pyridine rings is 1. The number of nitrogens with zero attached hydrogens (tertiary/aromatic N) is 4. The summed E-state index contributed by atoms with van der Waals surface area (Å²) in [5.74, 6) is 2.23. The largest absolute Gasteiger partial charge is 0.493 e. The second kappa shape index (κ2) is 12.8. The van der Waals surface area contributed by atoms with Gasteiger partial charge in [0.1, 0.15) is 0 Å². The first-order valence-electron chi connectivity index (χ1n) is 10.7. The first kappa shape index (κ1) is 26.9. The Balaban J connectivity index is 0.00000385. The number of nitrogens with one attached hydrogen (secondary N) is 2. The molecule has 2 heterocycles. The van der Waals surface area contributed by atoms with Gasteiger partial charge in [0.2, 0.25) is 0 Å². The smallest absolute Gasteiger partial charge is 0.191 e. The van der Waals surface area contributed by atoms with Gasteiger partial charge < -0.3 is 29.9 Å². The van der Waals surface area contributed by atoms with Crippen molar-refractivity contribution in [2.45, 2.75) is 18.5 Å². The highest BCUT2D eigenvalue weighted by atomic mass is 127. The van der Waals surface area contributed by atoms with Gasteiger partial charge in [0, 0.05) is 38.9 Å². The molecule has 2 atom stereocenters. The van der Waals surface area contributed by atoms with Gasteiger partial charge in [0.25, 0.3) is 0 Å². The van der Waals surface area contributed by atoms with Gasteiger partial charge in [-0.2, -0.15) is 0 Å². The second-order valence-electron chi connectivity index (χ2n) is 7.93. The summed E-state index contributed by atoms with van der Waals surface area (Å²) in [6, 6.07) is 9.26. The Morgan fingerprint density at radius 2 is 2.03 bits per heavy atom. The van der Waals surface area contributed by atoms with Crippen LogP contribution in [-0.4, -0.2) is 76.9 Å². The molecule has 0 radical (unpaired) electrons. The molecule has 0 aliphatic carbocycles. The van der Waals surface area contributed by atoms with Gasteiger partial charge in [-0.25, -0.2) is 9.37 Å². The van der Waals surface area contributed by atoms with Gasteiger partial charge in [0.15, 0.2) is 29.1 Å². The molecule has 182 valence electrons. The SMILES string of the molecule is CN=C(NCC(c1ccc(OC)c(OC)c1)N(C)C)NC1CCN(c2ncccc2F)C1.I. The summed E-state index contributed by atoms with van der Waals surface area (Å²) < 4.78 is 24.9. The lowest BCUT2D eigenvalue weighted by Crippen LogP contribution is -2.46. The number of hydrogen-bond donors (Lipinski definition) is 2. The lowest BCUT2D eigenvalue weighted by molar-refractivity contribution is 0.295. The third kappa shape index (κ3) is 6.83. The average molecular weight is 572 g/mol. The number of aromatic nitrogens is 1. The Hall–Kier alpha value is -2.34. The van der Waals surface area contributed by atoms with Crippen molar-refractivity contribution in [1.29, 1.82) is 0 Å². The summed E-state index contributed by atoms with van der Waals surface area (Å²) in [5, 5.41) is 6.88. The van der Waals surface area contributed by atoms with Crippen molar-refractivity contribution in [2.75, 3.05) is 59.9 Å².